The average molecular weight is 290 g/mol. The van der Waals surface area contributed by atoms with E-state index in [2.05, 4.69) is 0 Å². The smallest absolute Gasteiger partial charge is 0.243 e. The van der Waals surface area contributed by atoms with Crippen molar-refractivity contribution in [3.63, 3.8) is 0 Å². The van der Waals surface area contributed by atoms with Crippen LogP contribution in [0.1, 0.15) is 13.3 Å². The Kier molecular flexibility index (Phi) is 4.78. The van der Waals surface area contributed by atoms with Gasteiger partial charge in [0.25, 0.3) is 0 Å². The summed E-state index contributed by atoms with van der Waals surface area (Å²) in [6.45, 7) is 1.69. The summed E-state index contributed by atoms with van der Waals surface area (Å²) < 4.78 is 38.6. The summed E-state index contributed by atoms with van der Waals surface area (Å²) in [7, 11) is -2.31. The van der Waals surface area contributed by atoms with Gasteiger partial charge in [0.05, 0.1) is 9.88 Å². The SMILES string of the molecule is CC(CC(N)=S)N(C)S(=O)(=O)c1cccc(F)c1. The maximum Gasteiger partial charge on any atom is 0.243 e. The van der Waals surface area contributed by atoms with Crippen molar-refractivity contribution in [1.82, 2.24) is 4.31 Å². The van der Waals surface area contributed by atoms with E-state index in [4.69, 9.17) is 18.0 Å². The third-order valence-electron chi connectivity index (χ3n) is 2.59. The molecule has 100 valence electrons. The number of rotatable bonds is 5. The van der Waals surface area contributed by atoms with Crippen molar-refractivity contribution in [1.29, 1.82) is 0 Å². The molecular formula is C11H15FN2O2S2. The monoisotopic (exact) mass is 290 g/mol. The van der Waals surface area contributed by atoms with Crippen molar-refractivity contribution < 1.29 is 12.8 Å². The molecule has 0 aromatic heterocycles. The predicted octanol–water partition coefficient (Wildman–Crippen LogP) is 1.51. The number of hydrogen-bond acceptors (Lipinski definition) is 3. The largest absolute Gasteiger partial charge is 0.393 e. The van der Waals surface area contributed by atoms with E-state index in [1.165, 1.54) is 25.2 Å². The summed E-state index contributed by atoms with van der Waals surface area (Å²) in [4.78, 5) is 0.156. The maximum absolute atomic E-state index is 13.0. The molecule has 18 heavy (non-hydrogen) atoms. The van der Waals surface area contributed by atoms with Crippen molar-refractivity contribution in [3.8, 4) is 0 Å². The normalized spacial score (nSPS) is 13.6. The Morgan fingerprint density at radius 3 is 2.67 bits per heavy atom. The van der Waals surface area contributed by atoms with E-state index in [-0.39, 0.29) is 22.3 Å². The fraction of sp³-hybridized carbons (Fsp3) is 0.364. The number of benzene rings is 1. The van der Waals surface area contributed by atoms with Gasteiger partial charge in [-0.2, -0.15) is 4.31 Å². The molecule has 0 saturated carbocycles. The lowest BCUT2D eigenvalue weighted by atomic mass is 10.2. The lowest BCUT2D eigenvalue weighted by Crippen LogP contribution is -2.37. The van der Waals surface area contributed by atoms with E-state index >= 15 is 0 Å². The van der Waals surface area contributed by atoms with Gasteiger partial charge in [-0.3, -0.25) is 0 Å². The Hall–Kier alpha value is -1.05. The summed E-state index contributed by atoms with van der Waals surface area (Å²) in [6, 6.07) is 4.50. The van der Waals surface area contributed by atoms with Gasteiger partial charge < -0.3 is 5.73 Å². The van der Waals surface area contributed by atoms with Crippen LogP contribution in [0.2, 0.25) is 0 Å². The minimum absolute atomic E-state index is 0.0835. The van der Waals surface area contributed by atoms with Crippen molar-refractivity contribution in [2.75, 3.05) is 7.05 Å². The van der Waals surface area contributed by atoms with Gasteiger partial charge in [0.15, 0.2) is 0 Å². The molecule has 0 saturated heterocycles. The van der Waals surface area contributed by atoms with E-state index < -0.39 is 15.8 Å². The third-order valence-corrected chi connectivity index (χ3v) is 4.72. The van der Waals surface area contributed by atoms with Crippen molar-refractivity contribution >= 4 is 27.2 Å². The summed E-state index contributed by atoms with van der Waals surface area (Å²) in [5, 5.41) is 0. The fourth-order valence-corrected chi connectivity index (χ4v) is 3.08. The second-order valence-corrected chi connectivity index (χ2v) is 6.52. The molecule has 0 fully saturated rings. The Labute approximate surface area is 112 Å². The number of nitrogens with two attached hydrogens (primary N) is 1. The van der Waals surface area contributed by atoms with Gasteiger partial charge in [-0.1, -0.05) is 18.3 Å². The molecule has 0 aliphatic heterocycles. The molecule has 7 heteroatoms. The number of halogens is 1. The number of thiocarbonyl (C=S) groups is 1. The van der Waals surface area contributed by atoms with Crippen LogP contribution in [0.15, 0.2) is 29.2 Å². The van der Waals surface area contributed by atoms with E-state index in [1.54, 1.807) is 6.92 Å². The van der Waals surface area contributed by atoms with E-state index in [0.717, 1.165) is 10.4 Å². The van der Waals surface area contributed by atoms with Crippen molar-refractivity contribution in [2.45, 2.75) is 24.3 Å². The minimum Gasteiger partial charge on any atom is -0.393 e. The second kappa shape index (κ2) is 5.73. The first-order chi connectivity index (χ1) is 8.25. The summed E-state index contributed by atoms with van der Waals surface area (Å²) in [6.07, 6.45) is 0.278. The van der Waals surface area contributed by atoms with Crippen LogP contribution in [0.4, 0.5) is 4.39 Å². The van der Waals surface area contributed by atoms with Crippen LogP contribution >= 0.6 is 12.2 Å². The molecule has 1 aromatic carbocycles. The third kappa shape index (κ3) is 3.47. The molecule has 1 aromatic rings. The molecule has 0 aliphatic carbocycles. The molecule has 0 radical (unpaired) electrons. The van der Waals surface area contributed by atoms with Crippen LogP contribution in [-0.4, -0.2) is 30.8 Å². The number of hydrogen-bond donors (Lipinski definition) is 1. The molecule has 0 spiro atoms. The van der Waals surface area contributed by atoms with Crippen LogP contribution in [0.3, 0.4) is 0 Å². The molecule has 0 bridgehead atoms. The van der Waals surface area contributed by atoms with Crippen LogP contribution in [0.5, 0.6) is 0 Å². The van der Waals surface area contributed by atoms with E-state index in [0.29, 0.717) is 0 Å². The van der Waals surface area contributed by atoms with E-state index in [9.17, 15) is 12.8 Å². The first kappa shape index (κ1) is 15.0. The zero-order valence-corrected chi connectivity index (χ0v) is 11.8. The van der Waals surface area contributed by atoms with Crippen LogP contribution < -0.4 is 5.73 Å². The molecule has 0 amide bonds. The average Bonchev–Trinajstić information content (AvgIpc) is 2.27. The quantitative estimate of drug-likeness (QED) is 0.835. The van der Waals surface area contributed by atoms with E-state index in [1.807, 2.05) is 0 Å². The molecule has 1 atom stereocenters. The Morgan fingerprint density at radius 2 is 2.17 bits per heavy atom. The minimum atomic E-state index is -3.73. The molecular weight excluding hydrogens is 275 g/mol. The zero-order valence-electron chi connectivity index (χ0n) is 10.1. The highest BCUT2D eigenvalue weighted by atomic mass is 32.2. The fourth-order valence-electron chi connectivity index (χ4n) is 1.45. The van der Waals surface area contributed by atoms with Crippen molar-refractivity contribution in [2.24, 2.45) is 5.73 Å². The zero-order chi connectivity index (χ0) is 13.9. The van der Waals surface area contributed by atoms with Crippen LogP contribution in [0.25, 0.3) is 0 Å². The van der Waals surface area contributed by atoms with Gasteiger partial charge in [0.1, 0.15) is 5.82 Å². The maximum atomic E-state index is 13.0. The summed E-state index contributed by atoms with van der Waals surface area (Å²) >= 11 is 4.75. The first-order valence-electron chi connectivity index (χ1n) is 5.27. The Balaban J connectivity index is 3.03. The highest BCUT2D eigenvalue weighted by Crippen LogP contribution is 2.18. The summed E-state index contributed by atoms with van der Waals surface area (Å²) in [5.74, 6) is -0.591. The van der Waals surface area contributed by atoms with Gasteiger partial charge in [0.2, 0.25) is 10.0 Å². The standard InChI is InChI=1S/C11H15FN2O2S2/c1-8(6-11(13)17)14(2)18(15,16)10-5-3-4-9(12)7-10/h3-5,7-8H,6H2,1-2H3,(H2,13,17). The molecule has 1 unspecified atom stereocenters. The van der Waals surface area contributed by atoms with Gasteiger partial charge in [-0.15, -0.1) is 0 Å². The molecule has 4 nitrogen and oxygen atoms in total. The number of nitrogens with zero attached hydrogens (tertiary/aromatic N) is 1. The summed E-state index contributed by atoms with van der Waals surface area (Å²) in [5.41, 5.74) is 5.39. The van der Waals surface area contributed by atoms with Gasteiger partial charge in [-0.05, 0) is 25.1 Å². The predicted molar refractivity (Wildman–Crippen MR) is 72.2 cm³/mol. The lowest BCUT2D eigenvalue weighted by Gasteiger charge is -2.23. The first-order valence-corrected chi connectivity index (χ1v) is 7.12. The van der Waals surface area contributed by atoms with Gasteiger partial charge in [-0.25, -0.2) is 12.8 Å². The second-order valence-electron chi connectivity index (χ2n) is 4.00. The van der Waals surface area contributed by atoms with Crippen molar-refractivity contribution in [3.05, 3.63) is 30.1 Å². The molecule has 2 N–H and O–H groups in total. The van der Waals surface area contributed by atoms with Gasteiger partial charge >= 0.3 is 0 Å². The molecule has 0 aliphatic rings. The highest BCUT2D eigenvalue weighted by molar-refractivity contribution is 7.89. The molecule has 0 heterocycles. The lowest BCUT2D eigenvalue weighted by molar-refractivity contribution is 0.396. The topological polar surface area (TPSA) is 63.4 Å². The molecule has 1 rings (SSSR count). The Bertz CT molecular complexity index is 546. The van der Waals surface area contributed by atoms with Crippen LogP contribution in [-0.2, 0) is 10.0 Å². The highest BCUT2D eigenvalue weighted by Gasteiger charge is 2.25. The van der Waals surface area contributed by atoms with Crippen LogP contribution in [0, 0.1) is 5.82 Å². The van der Waals surface area contributed by atoms with Gasteiger partial charge in [0, 0.05) is 19.5 Å². The Morgan fingerprint density at radius 1 is 1.56 bits per heavy atom. The number of sulfonamides is 1.